The van der Waals surface area contributed by atoms with E-state index in [1.165, 1.54) is 17.2 Å². The van der Waals surface area contributed by atoms with E-state index in [0.717, 1.165) is 0 Å². The van der Waals surface area contributed by atoms with Crippen LogP contribution in [0.25, 0.3) is 0 Å². The first kappa shape index (κ1) is 16.2. The number of halogens is 1. The molecule has 0 aliphatic carbocycles. The Morgan fingerprint density at radius 2 is 2.15 bits per heavy atom. The molecule has 1 heterocycles. The number of amides is 1. The van der Waals surface area contributed by atoms with Gasteiger partial charge in [0.2, 0.25) is 5.88 Å². The maximum absolute atomic E-state index is 12.2. The maximum Gasteiger partial charge on any atom is 0.305 e. The average Bonchev–Trinajstić information content (AvgIpc) is 2.41. The molecule has 0 saturated carbocycles. The van der Waals surface area contributed by atoms with Crippen molar-refractivity contribution in [3.05, 3.63) is 22.8 Å². The summed E-state index contributed by atoms with van der Waals surface area (Å²) in [6, 6.07) is 1.48. The largest absolute Gasteiger partial charge is 0.481 e. The lowest BCUT2D eigenvalue weighted by Gasteiger charge is -2.20. The number of nitrogens with zero attached hydrogens (tertiary/aromatic N) is 2. The molecule has 1 aromatic rings. The van der Waals surface area contributed by atoms with Crippen molar-refractivity contribution in [3.8, 4) is 5.88 Å². The summed E-state index contributed by atoms with van der Waals surface area (Å²) in [5.74, 6) is -0.968. The molecule has 0 fully saturated rings. The van der Waals surface area contributed by atoms with Crippen LogP contribution in [0.15, 0.2) is 12.3 Å². The molecule has 6 nitrogen and oxygen atoms in total. The van der Waals surface area contributed by atoms with E-state index in [-0.39, 0.29) is 29.8 Å². The molecule has 0 bridgehead atoms. The topological polar surface area (TPSA) is 79.7 Å². The number of ether oxygens (including phenoxy) is 1. The third-order valence-electron chi connectivity index (χ3n) is 2.60. The summed E-state index contributed by atoms with van der Waals surface area (Å²) < 4.78 is 5.19. The first-order valence-electron chi connectivity index (χ1n) is 6.29. The highest BCUT2D eigenvalue weighted by molar-refractivity contribution is 6.32. The normalized spacial score (nSPS) is 10.2. The fraction of sp³-hybridized carbons (Fsp3) is 0.462. The van der Waals surface area contributed by atoms with Gasteiger partial charge in [-0.05, 0) is 19.9 Å². The molecular weight excluding hydrogens is 284 g/mol. The van der Waals surface area contributed by atoms with Crippen molar-refractivity contribution in [3.63, 3.8) is 0 Å². The molecule has 0 spiro atoms. The van der Waals surface area contributed by atoms with Gasteiger partial charge < -0.3 is 14.7 Å². The lowest BCUT2D eigenvalue weighted by Crippen LogP contribution is -2.32. The van der Waals surface area contributed by atoms with Gasteiger partial charge in [-0.15, -0.1) is 0 Å². The number of carboxylic acid groups (broad SMARTS) is 1. The van der Waals surface area contributed by atoms with Crippen LogP contribution < -0.4 is 4.74 Å². The Kier molecular flexibility index (Phi) is 6.24. The standard InChI is InChI=1S/C13H17ClN2O4/c1-3-16(6-5-11(17)18)13(19)9-7-10(14)12(15-8-9)20-4-2/h7-8H,3-6H2,1-2H3,(H,17,18). The van der Waals surface area contributed by atoms with Gasteiger partial charge in [0.05, 0.1) is 18.6 Å². The van der Waals surface area contributed by atoms with Crippen molar-refractivity contribution in [1.29, 1.82) is 0 Å². The Bertz CT molecular complexity index is 493. The lowest BCUT2D eigenvalue weighted by atomic mass is 10.2. The minimum atomic E-state index is -0.945. The zero-order valence-electron chi connectivity index (χ0n) is 11.4. The van der Waals surface area contributed by atoms with Gasteiger partial charge in [0.25, 0.3) is 5.91 Å². The molecule has 0 aliphatic rings. The quantitative estimate of drug-likeness (QED) is 0.834. The Morgan fingerprint density at radius 1 is 1.45 bits per heavy atom. The molecule has 0 saturated heterocycles. The highest BCUT2D eigenvalue weighted by atomic mass is 35.5. The van der Waals surface area contributed by atoms with Crippen LogP contribution in [0.1, 0.15) is 30.6 Å². The van der Waals surface area contributed by atoms with Crippen LogP contribution in [0, 0.1) is 0 Å². The van der Waals surface area contributed by atoms with Gasteiger partial charge in [0.15, 0.2) is 0 Å². The van der Waals surface area contributed by atoms with E-state index in [4.69, 9.17) is 21.4 Å². The molecule has 110 valence electrons. The highest BCUT2D eigenvalue weighted by Crippen LogP contribution is 2.23. The molecule has 0 unspecified atom stereocenters. The Morgan fingerprint density at radius 3 is 2.65 bits per heavy atom. The lowest BCUT2D eigenvalue weighted by molar-refractivity contribution is -0.137. The number of pyridine rings is 1. The number of aliphatic carboxylic acids is 1. The first-order chi connectivity index (χ1) is 9.49. The molecule has 1 rings (SSSR count). The summed E-state index contributed by atoms with van der Waals surface area (Å²) in [4.78, 5) is 28.2. The number of aromatic nitrogens is 1. The summed E-state index contributed by atoms with van der Waals surface area (Å²) in [5, 5.41) is 8.92. The number of hydrogen-bond acceptors (Lipinski definition) is 4. The fourth-order valence-electron chi connectivity index (χ4n) is 1.60. The summed E-state index contributed by atoms with van der Waals surface area (Å²) in [5.41, 5.74) is 0.311. The van der Waals surface area contributed by atoms with Crippen molar-refractivity contribution in [1.82, 2.24) is 9.88 Å². The second-order valence-electron chi connectivity index (χ2n) is 3.97. The fourth-order valence-corrected chi connectivity index (χ4v) is 1.82. The smallest absolute Gasteiger partial charge is 0.305 e. The Balaban J connectivity index is 2.84. The van der Waals surface area contributed by atoms with Crippen LogP contribution in [0.3, 0.4) is 0 Å². The van der Waals surface area contributed by atoms with Crippen LogP contribution in [0.5, 0.6) is 5.88 Å². The molecular formula is C13H17ClN2O4. The molecule has 0 radical (unpaired) electrons. The summed E-state index contributed by atoms with van der Waals surface area (Å²) in [6.45, 7) is 4.58. The monoisotopic (exact) mass is 300 g/mol. The SMILES string of the molecule is CCOc1ncc(C(=O)N(CC)CCC(=O)O)cc1Cl. The second kappa shape index (κ2) is 7.69. The van der Waals surface area contributed by atoms with Crippen LogP contribution in [-0.2, 0) is 4.79 Å². The van der Waals surface area contributed by atoms with Crippen LogP contribution in [0.4, 0.5) is 0 Å². The average molecular weight is 301 g/mol. The molecule has 0 aromatic carbocycles. The molecule has 0 atom stereocenters. The predicted octanol–water partition coefficient (Wildman–Crippen LogP) is 2.07. The van der Waals surface area contributed by atoms with Crippen molar-refractivity contribution in [2.24, 2.45) is 0 Å². The number of hydrogen-bond donors (Lipinski definition) is 1. The molecule has 7 heteroatoms. The first-order valence-corrected chi connectivity index (χ1v) is 6.66. The second-order valence-corrected chi connectivity index (χ2v) is 4.38. The summed E-state index contributed by atoms with van der Waals surface area (Å²) in [7, 11) is 0. The zero-order valence-corrected chi connectivity index (χ0v) is 12.2. The zero-order chi connectivity index (χ0) is 15.1. The van der Waals surface area contributed by atoms with Crippen LogP contribution >= 0.6 is 11.6 Å². The summed E-state index contributed by atoms with van der Waals surface area (Å²) in [6.07, 6.45) is 1.28. The predicted molar refractivity (Wildman–Crippen MR) is 74.2 cm³/mol. The molecule has 1 amide bonds. The molecule has 1 N–H and O–H groups in total. The van der Waals surface area contributed by atoms with Gasteiger partial charge in [-0.2, -0.15) is 0 Å². The van der Waals surface area contributed by atoms with Crippen LogP contribution in [-0.4, -0.2) is 46.6 Å². The number of rotatable bonds is 7. The number of carboxylic acids is 1. The van der Waals surface area contributed by atoms with Crippen LogP contribution in [0.2, 0.25) is 5.02 Å². The van der Waals surface area contributed by atoms with E-state index in [1.807, 2.05) is 6.92 Å². The van der Waals surface area contributed by atoms with Gasteiger partial charge in [0, 0.05) is 19.3 Å². The minimum absolute atomic E-state index is 0.0994. The van der Waals surface area contributed by atoms with E-state index < -0.39 is 5.97 Å². The molecule has 1 aromatic heterocycles. The third-order valence-corrected chi connectivity index (χ3v) is 2.87. The number of carbonyl (C=O) groups is 2. The van der Waals surface area contributed by atoms with E-state index >= 15 is 0 Å². The van der Waals surface area contributed by atoms with Crippen molar-refractivity contribution >= 4 is 23.5 Å². The van der Waals surface area contributed by atoms with Crippen molar-refractivity contribution in [2.75, 3.05) is 19.7 Å². The van der Waals surface area contributed by atoms with E-state index in [2.05, 4.69) is 4.98 Å². The Labute approximate surface area is 122 Å². The molecule has 20 heavy (non-hydrogen) atoms. The van der Waals surface area contributed by atoms with Crippen molar-refractivity contribution < 1.29 is 19.4 Å². The van der Waals surface area contributed by atoms with Gasteiger partial charge in [-0.3, -0.25) is 9.59 Å². The van der Waals surface area contributed by atoms with E-state index in [0.29, 0.717) is 18.7 Å². The minimum Gasteiger partial charge on any atom is -0.481 e. The third kappa shape index (κ3) is 4.38. The highest BCUT2D eigenvalue weighted by Gasteiger charge is 2.17. The Hall–Kier alpha value is -1.82. The van der Waals surface area contributed by atoms with Gasteiger partial charge in [-0.1, -0.05) is 11.6 Å². The summed E-state index contributed by atoms with van der Waals surface area (Å²) >= 11 is 5.98. The van der Waals surface area contributed by atoms with Gasteiger partial charge in [-0.25, -0.2) is 4.98 Å². The van der Waals surface area contributed by atoms with E-state index in [9.17, 15) is 9.59 Å². The van der Waals surface area contributed by atoms with Crippen molar-refractivity contribution in [2.45, 2.75) is 20.3 Å². The molecule has 0 aliphatic heterocycles. The number of carbonyl (C=O) groups excluding carboxylic acids is 1. The van der Waals surface area contributed by atoms with Gasteiger partial charge >= 0.3 is 5.97 Å². The van der Waals surface area contributed by atoms with E-state index in [1.54, 1.807) is 6.92 Å². The van der Waals surface area contributed by atoms with Gasteiger partial charge in [0.1, 0.15) is 5.02 Å². The maximum atomic E-state index is 12.2.